The summed E-state index contributed by atoms with van der Waals surface area (Å²) in [4.78, 5) is 0. The van der Waals surface area contributed by atoms with Crippen molar-refractivity contribution in [2.24, 2.45) is 5.92 Å². The van der Waals surface area contributed by atoms with Crippen LogP contribution in [0.1, 0.15) is 12.8 Å². The molecule has 1 aliphatic rings. The first kappa shape index (κ1) is 8.46. The minimum absolute atomic E-state index is 0.0649. The molecule has 60 valence electrons. The van der Waals surface area contributed by atoms with E-state index in [-0.39, 0.29) is 18.6 Å². The van der Waals surface area contributed by atoms with Gasteiger partial charge in [0.25, 0.3) is 0 Å². The second-order valence-electron chi connectivity index (χ2n) is 2.79. The summed E-state index contributed by atoms with van der Waals surface area (Å²) in [5.41, 5.74) is 0. The van der Waals surface area contributed by atoms with Crippen LogP contribution in [0.15, 0.2) is 0 Å². The van der Waals surface area contributed by atoms with Crippen molar-refractivity contribution in [3.05, 3.63) is 0 Å². The van der Waals surface area contributed by atoms with Gasteiger partial charge in [0, 0.05) is 34.7 Å². The molecule has 4 heteroatoms. The minimum Gasteiger partial charge on any atom is -0.396 e. The maximum absolute atomic E-state index is 9.27. The molecule has 1 aliphatic carbocycles. The Labute approximate surface area is 68.8 Å². The van der Waals surface area contributed by atoms with E-state index < -0.39 is 0 Å². The lowest BCUT2D eigenvalue weighted by atomic mass is 10.1. The van der Waals surface area contributed by atoms with Crippen LogP contribution in [0.3, 0.4) is 0 Å². The molecule has 1 fully saturated rings. The number of aliphatic hydroxyl groups is 2. The van der Waals surface area contributed by atoms with Crippen LogP contribution in [-0.4, -0.2) is 29.0 Å². The predicted octanol–water partition coefficient (Wildman–Crippen LogP) is 0.0177. The van der Waals surface area contributed by atoms with E-state index in [2.05, 4.69) is 20.5 Å². The van der Waals surface area contributed by atoms with Gasteiger partial charge in [0.05, 0.1) is 6.10 Å². The van der Waals surface area contributed by atoms with E-state index >= 15 is 0 Å². The van der Waals surface area contributed by atoms with E-state index in [1.54, 1.807) is 0 Å². The fraction of sp³-hybridized carbons (Fsp3) is 1.00. The number of aliphatic hydroxyl groups excluding tert-OH is 2. The average molecular weight is 210 g/mol. The van der Waals surface area contributed by atoms with Gasteiger partial charge < -0.3 is 10.2 Å². The van der Waals surface area contributed by atoms with Crippen LogP contribution in [0.2, 0.25) is 0 Å². The quantitative estimate of drug-likeness (QED) is 0.563. The van der Waals surface area contributed by atoms with Crippen molar-refractivity contribution in [2.45, 2.75) is 25.0 Å². The zero-order valence-electron chi connectivity index (χ0n) is 5.63. The van der Waals surface area contributed by atoms with Crippen LogP contribution in [-0.2, 0) is 0 Å². The summed E-state index contributed by atoms with van der Waals surface area (Å²) < 4.78 is 2.90. The number of rotatable bonds is 2. The van der Waals surface area contributed by atoms with Crippen molar-refractivity contribution in [1.82, 2.24) is 4.34 Å². The van der Waals surface area contributed by atoms with E-state index in [1.165, 1.54) is 0 Å². The van der Waals surface area contributed by atoms with Crippen molar-refractivity contribution in [3.8, 4) is 0 Å². The summed E-state index contributed by atoms with van der Waals surface area (Å²) in [6, 6.07) is 0.312. The van der Waals surface area contributed by atoms with Gasteiger partial charge in [-0.15, -0.1) is 0 Å². The summed E-state index contributed by atoms with van der Waals surface area (Å²) in [5.74, 6) is 0.0649. The minimum atomic E-state index is -0.333. The van der Waals surface area contributed by atoms with Crippen LogP contribution >= 0.6 is 16.1 Å². The van der Waals surface area contributed by atoms with Gasteiger partial charge in [0.2, 0.25) is 0 Å². The Morgan fingerprint density at radius 2 is 2.20 bits per heavy atom. The van der Waals surface area contributed by atoms with Crippen LogP contribution in [0.5, 0.6) is 0 Å². The molecule has 0 bridgehead atoms. The monoisotopic (exact) mass is 209 g/mol. The second kappa shape index (κ2) is 3.67. The zero-order chi connectivity index (χ0) is 7.56. The first-order chi connectivity index (χ1) is 4.77. The van der Waals surface area contributed by atoms with E-state index in [0.717, 1.165) is 12.8 Å². The fourth-order valence-corrected chi connectivity index (χ4v) is 1.76. The highest BCUT2D eigenvalue weighted by Crippen LogP contribution is 2.25. The van der Waals surface area contributed by atoms with Gasteiger partial charge in [-0.3, -0.25) is 4.34 Å². The molecule has 0 aromatic rings. The Morgan fingerprint density at radius 1 is 1.50 bits per heavy atom. The number of hydrogen-bond donors (Lipinski definition) is 3. The van der Waals surface area contributed by atoms with E-state index in [1.807, 2.05) is 0 Å². The Hall–Kier alpha value is 0.360. The zero-order valence-corrected chi connectivity index (χ0v) is 7.21. The van der Waals surface area contributed by atoms with Gasteiger partial charge in [0.15, 0.2) is 0 Å². The molecular formula is C6H12BrNO2. The first-order valence-corrected chi connectivity index (χ1v) is 4.22. The van der Waals surface area contributed by atoms with E-state index in [4.69, 9.17) is 5.11 Å². The summed E-state index contributed by atoms with van der Waals surface area (Å²) in [5, 5.41) is 18.0. The molecular weight excluding hydrogens is 198 g/mol. The normalized spacial score (nSPS) is 40.5. The maximum atomic E-state index is 9.27. The van der Waals surface area contributed by atoms with Crippen LogP contribution in [0.25, 0.3) is 0 Å². The summed E-state index contributed by atoms with van der Waals surface area (Å²) in [6.45, 7) is 0.0896. The highest BCUT2D eigenvalue weighted by atomic mass is 79.9. The van der Waals surface area contributed by atoms with Gasteiger partial charge in [-0.2, -0.15) is 0 Å². The lowest BCUT2D eigenvalue weighted by molar-refractivity contribution is 0.0908. The molecule has 0 unspecified atom stereocenters. The predicted molar refractivity (Wildman–Crippen MR) is 41.7 cm³/mol. The molecule has 0 aliphatic heterocycles. The van der Waals surface area contributed by atoms with Gasteiger partial charge >= 0.3 is 0 Å². The lowest BCUT2D eigenvalue weighted by Crippen LogP contribution is -2.16. The standard InChI is InChI=1S/C6H12BrNO2/c7-8-5-1-4(3-9)6(10)2-5/h4-6,8-10H,1-3H2/t4-,5+,6-/m0/s1. The molecule has 0 aromatic heterocycles. The molecule has 10 heavy (non-hydrogen) atoms. The molecule has 0 saturated heterocycles. The van der Waals surface area contributed by atoms with Gasteiger partial charge in [-0.05, 0) is 12.8 Å². The smallest absolute Gasteiger partial charge is 0.0606 e. The first-order valence-electron chi connectivity index (χ1n) is 3.43. The third-order valence-corrected chi connectivity index (χ3v) is 2.69. The van der Waals surface area contributed by atoms with Crippen molar-refractivity contribution >= 4 is 16.1 Å². The van der Waals surface area contributed by atoms with Gasteiger partial charge in [-0.1, -0.05) is 0 Å². The molecule has 3 N–H and O–H groups in total. The molecule has 1 rings (SSSR count). The molecule has 0 amide bonds. The molecule has 0 heterocycles. The fourth-order valence-electron chi connectivity index (χ4n) is 1.39. The topological polar surface area (TPSA) is 52.5 Å². The average Bonchev–Trinajstić information content (AvgIpc) is 2.30. The highest BCUT2D eigenvalue weighted by molar-refractivity contribution is 9.08. The summed E-state index contributed by atoms with van der Waals surface area (Å²) in [6.07, 6.45) is 1.25. The van der Waals surface area contributed by atoms with Crippen molar-refractivity contribution in [3.63, 3.8) is 0 Å². The second-order valence-corrected chi connectivity index (χ2v) is 3.25. The number of hydrogen-bond acceptors (Lipinski definition) is 3. The molecule has 0 aromatic carbocycles. The summed E-state index contributed by atoms with van der Waals surface area (Å²) in [7, 11) is 0. The third-order valence-electron chi connectivity index (χ3n) is 2.05. The number of halogens is 1. The molecule has 0 radical (unpaired) electrons. The van der Waals surface area contributed by atoms with Crippen molar-refractivity contribution in [2.75, 3.05) is 6.61 Å². The van der Waals surface area contributed by atoms with Gasteiger partial charge in [0.1, 0.15) is 0 Å². The summed E-state index contributed by atoms with van der Waals surface area (Å²) >= 11 is 3.12. The lowest BCUT2D eigenvalue weighted by Gasteiger charge is -2.08. The molecule has 3 atom stereocenters. The highest BCUT2D eigenvalue weighted by Gasteiger charge is 2.31. The molecule has 1 saturated carbocycles. The Morgan fingerprint density at radius 3 is 2.50 bits per heavy atom. The molecule has 3 nitrogen and oxygen atoms in total. The molecule has 0 spiro atoms. The van der Waals surface area contributed by atoms with Crippen LogP contribution in [0.4, 0.5) is 0 Å². The number of nitrogens with one attached hydrogen (secondary N) is 1. The van der Waals surface area contributed by atoms with Gasteiger partial charge in [-0.25, -0.2) is 0 Å². The largest absolute Gasteiger partial charge is 0.396 e. The van der Waals surface area contributed by atoms with E-state index in [0.29, 0.717) is 6.04 Å². The Bertz CT molecular complexity index is 112. The van der Waals surface area contributed by atoms with Crippen LogP contribution < -0.4 is 4.34 Å². The van der Waals surface area contributed by atoms with E-state index in [9.17, 15) is 5.11 Å². The third kappa shape index (κ3) is 1.69. The SMILES string of the molecule is OC[C@@H]1C[C@@H](NBr)C[C@@H]1O. The van der Waals surface area contributed by atoms with Crippen molar-refractivity contribution in [1.29, 1.82) is 0 Å². The Balaban J connectivity index is 2.36. The van der Waals surface area contributed by atoms with Crippen molar-refractivity contribution < 1.29 is 10.2 Å². The van der Waals surface area contributed by atoms with Crippen LogP contribution in [0, 0.1) is 5.92 Å². The Kier molecular flexibility index (Phi) is 3.10. The maximum Gasteiger partial charge on any atom is 0.0606 e.